The van der Waals surface area contributed by atoms with Gasteiger partial charge in [0, 0.05) is 35.4 Å². The van der Waals surface area contributed by atoms with Crippen molar-refractivity contribution in [3.8, 4) is 0 Å². The van der Waals surface area contributed by atoms with E-state index in [2.05, 4.69) is 51.4 Å². The van der Waals surface area contributed by atoms with Gasteiger partial charge >= 0.3 is 0 Å². The van der Waals surface area contributed by atoms with E-state index >= 15 is 0 Å². The van der Waals surface area contributed by atoms with E-state index in [1.165, 1.54) is 10.5 Å². The Labute approximate surface area is 126 Å². The molecule has 0 aliphatic heterocycles. The van der Waals surface area contributed by atoms with Crippen LogP contribution in [0.4, 0.5) is 0 Å². The Kier molecular flexibility index (Phi) is 5.48. The molecule has 19 heavy (non-hydrogen) atoms. The van der Waals surface area contributed by atoms with E-state index < -0.39 is 0 Å². The van der Waals surface area contributed by atoms with E-state index in [9.17, 15) is 0 Å². The largest absolute Gasteiger partial charge is 0.329 e. The molecule has 2 rings (SSSR count). The Morgan fingerprint density at radius 2 is 2.26 bits per heavy atom. The molecule has 102 valence electrons. The third-order valence-electron chi connectivity index (χ3n) is 2.75. The van der Waals surface area contributed by atoms with Gasteiger partial charge in [-0.3, -0.25) is 0 Å². The van der Waals surface area contributed by atoms with Crippen LogP contribution in [0.1, 0.15) is 18.9 Å². The van der Waals surface area contributed by atoms with Gasteiger partial charge in [0.1, 0.15) is 0 Å². The number of hydrogen-bond acceptors (Lipinski definition) is 3. The first-order valence-electron chi connectivity index (χ1n) is 6.35. The molecule has 0 spiro atoms. The maximum Gasteiger partial charge on any atom is 0.172 e. The van der Waals surface area contributed by atoms with Crippen LogP contribution in [0, 0.1) is 0 Å². The van der Waals surface area contributed by atoms with E-state index in [-0.39, 0.29) is 0 Å². The highest BCUT2D eigenvalue weighted by molar-refractivity contribution is 9.10. The molecule has 3 nitrogen and oxygen atoms in total. The van der Waals surface area contributed by atoms with Crippen LogP contribution >= 0.6 is 27.7 Å². The van der Waals surface area contributed by atoms with Gasteiger partial charge in [0.15, 0.2) is 5.16 Å². The topological polar surface area (TPSA) is 29.9 Å². The lowest BCUT2D eigenvalue weighted by atomic mass is 10.2. The number of rotatable bonds is 6. The number of aromatic nitrogens is 2. The summed E-state index contributed by atoms with van der Waals surface area (Å²) in [5.41, 5.74) is 1.29. The number of halogens is 1. The van der Waals surface area contributed by atoms with Gasteiger partial charge in [0.2, 0.25) is 0 Å². The smallest absolute Gasteiger partial charge is 0.172 e. The van der Waals surface area contributed by atoms with Crippen LogP contribution in [0.2, 0.25) is 0 Å². The second-order valence-corrected chi connectivity index (χ2v) is 6.25. The van der Waals surface area contributed by atoms with Gasteiger partial charge < -0.3 is 9.88 Å². The number of imidazole rings is 1. The summed E-state index contributed by atoms with van der Waals surface area (Å²) in [5.74, 6) is 0. The zero-order chi connectivity index (χ0) is 13.7. The minimum absolute atomic E-state index is 0.905. The molecular weight excluding hydrogens is 322 g/mol. The predicted octanol–water partition coefficient (Wildman–Crippen LogP) is 3.83. The third-order valence-corrected chi connectivity index (χ3v) is 4.56. The van der Waals surface area contributed by atoms with Crippen LogP contribution in [0.5, 0.6) is 0 Å². The molecule has 1 aromatic carbocycles. The molecule has 0 atom stereocenters. The molecule has 0 fully saturated rings. The third kappa shape index (κ3) is 4.09. The summed E-state index contributed by atoms with van der Waals surface area (Å²) in [6, 6.07) is 6.47. The van der Waals surface area contributed by atoms with E-state index in [1.807, 2.05) is 24.0 Å². The molecule has 5 heteroatoms. The quantitative estimate of drug-likeness (QED) is 0.811. The minimum atomic E-state index is 0.905. The van der Waals surface area contributed by atoms with Crippen molar-refractivity contribution in [1.29, 1.82) is 0 Å². The molecule has 0 unspecified atom stereocenters. The van der Waals surface area contributed by atoms with E-state index in [0.29, 0.717) is 0 Å². The number of nitrogens with zero attached hydrogens (tertiary/aromatic N) is 2. The predicted molar refractivity (Wildman–Crippen MR) is 83.5 cm³/mol. The van der Waals surface area contributed by atoms with Crippen molar-refractivity contribution in [2.75, 3.05) is 6.54 Å². The van der Waals surface area contributed by atoms with Gasteiger partial charge in [-0.25, -0.2) is 4.98 Å². The number of nitrogens with one attached hydrogen (secondary N) is 1. The molecule has 1 heterocycles. The van der Waals surface area contributed by atoms with Gasteiger partial charge in [0.05, 0.1) is 0 Å². The van der Waals surface area contributed by atoms with Crippen molar-refractivity contribution in [1.82, 2.24) is 14.9 Å². The summed E-state index contributed by atoms with van der Waals surface area (Å²) in [6.45, 7) is 4.13. The van der Waals surface area contributed by atoms with Crippen LogP contribution in [0.3, 0.4) is 0 Å². The molecule has 0 aliphatic carbocycles. The standard InChI is InChI=1S/C14H18BrN3S/c1-3-6-16-10-11-4-5-12(9-13(11)15)19-14-17-7-8-18(14)2/h4-5,7-9,16H,3,6,10H2,1-2H3. The van der Waals surface area contributed by atoms with Gasteiger partial charge in [0.25, 0.3) is 0 Å². The number of benzene rings is 1. The first kappa shape index (κ1) is 14.6. The summed E-state index contributed by atoms with van der Waals surface area (Å²) >= 11 is 5.31. The molecule has 0 saturated carbocycles. The Bertz CT molecular complexity index is 539. The second kappa shape index (κ2) is 7.12. The average Bonchev–Trinajstić information content (AvgIpc) is 2.78. The van der Waals surface area contributed by atoms with Gasteiger partial charge in [-0.05, 0) is 30.7 Å². The highest BCUT2D eigenvalue weighted by atomic mass is 79.9. The van der Waals surface area contributed by atoms with E-state index in [0.717, 1.165) is 29.1 Å². The van der Waals surface area contributed by atoms with Crippen molar-refractivity contribution in [3.63, 3.8) is 0 Å². The second-order valence-electron chi connectivity index (χ2n) is 4.35. The van der Waals surface area contributed by atoms with Crippen LogP contribution in [-0.4, -0.2) is 16.1 Å². The molecular formula is C14H18BrN3S. The fourth-order valence-electron chi connectivity index (χ4n) is 1.69. The highest BCUT2D eigenvalue weighted by Crippen LogP contribution is 2.29. The molecule has 0 aliphatic rings. The monoisotopic (exact) mass is 339 g/mol. The SMILES string of the molecule is CCCNCc1ccc(Sc2nccn2C)cc1Br. The van der Waals surface area contributed by atoms with Crippen LogP contribution in [0.25, 0.3) is 0 Å². The summed E-state index contributed by atoms with van der Waals surface area (Å²) < 4.78 is 3.17. The molecule has 1 N–H and O–H groups in total. The lowest BCUT2D eigenvalue weighted by Crippen LogP contribution is -2.14. The van der Waals surface area contributed by atoms with Crippen molar-refractivity contribution >= 4 is 27.7 Å². The fourth-order valence-corrected chi connectivity index (χ4v) is 3.20. The Morgan fingerprint density at radius 3 is 2.89 bits per heavy atom. The molecule has 0 amide bonds. The molecule has 0 bridgehead atoms. The first-order chi connectivity index (χ1) is 9.20. The maximum absolute atomic E-state index is 4.32. The Balaban J connectivity index is 2.04. The fraction of sp³-hybridized carbons (Fsp3) is 0.357. The van der Waals surface area contributed by atoms with Gasteiger partial charge in [-0.1, -0.05) is 40.7 Å². The Hall–Kier alpha value is -0.780. The summed E-state index contributed by atoms with van der Waals surface area (Å²) in [4.78, 5) is 5.52. The van der Waals surface area contributed by atoms with E-state index in [1.54, 1.807) is 11.8 Å². The Morgan fingerprint density at radius 1 is 1.42 bits per heavy atom. The molecule has 1 aromatic heterocycles. The van der Waals surface area contributed by atoms with E-state index in [4.69, 9.17) is 0 Å². The van der Waals surface area contributed by atoms with Crippen LogP contribution < -0.4 is 5.32 Å². The summed E-state index contributed by atoms with van der Waals surface area (Å²) in [7, 11) is 2.01. The maximum atomic E-state index is 4.32. The number of aryl methyl sites for hydroxylation is 1. The van der Waals surface area contributed by atoms with Crippen LogP contribution in [0.15, 0.2) is 45.1 Å². The lowest BCUT2D eigenvalue weighted by molar-refractivity contribution is 0.673. The van der Waals surface area contributed by atoms with Gasteiger partial charge in [-0.2, -0.15) is 0 Å². The average molecular weight is 340 g/mol. The summed E-state index contributed by atoms with van der Waals surface area (Å²) in [5, 5.41) is 4.42. The number of hydrogen-bond donors (Lipinski definition) is 1. The zero-order valence-electron chi connectivity index (χ0n) is 11.2. The highest BCUT2D eigenvalue weighted by Gasteiger charge is 2.05. The normalized spacial score (nSPS) is 10.9. The minimum Gasteiger partial charge on any atom is -0.329 e. The van der Waals surface area contributed by atoms with Crippen molar-refractivity contribution in [2.45, 2.75) is 29.9 Å². The van der Waals surface area contributed by atoms with Crippen molar-refractivity contribution < 1.29 is 0 Å². The lowest BCUT2D eigenvalue weighted by Gasteiger charge is -2.08. The van der Waals surface area contributed by atoms with Gasteiger partial charge in [-0.15, -0.1) is 0 Å². The van der Waals surface area contributed by atoms with Crippen molar-refractivity contribution in [2.24, 2.45) is 7.05 Å². The molecule has 0 radical (unpaired) electrons. The summed E-state index contributed by atoms with van der Waals surface area (Å²) in [6.07, 6.45) is 4.94. The van der Waals surface area contributed by atoms with Crippen LogP contribution in [-0.2, 0) is 13.6 Å². The molecule has 2 aromatic rings. The van der Waals surface area contributed by atoms with Crippen molar-refractivity contribution in [3.05, 3.63) is 40.6 Å². The first-order valence-corrected chi connectivity index (χ1v) is 7.96. The molecule has 0 saturated heterocycles. The zero-order valence-corrected chi connectivity index (χ0v) is 13.6.